The summed E-state index contributed by atoms with van der Waals surface area (Å²) in [5.41, 5.74) is 0.144. The number of aliphatic hydroxyl groups excluding tert-OH is 2. The fourth-order valence-corrected chi connectivity index (χ4v) is 8.59. The number of rotatable bonds is 8. The minimum atomic E-state index is -4.80. The number of piperidine rings is 1. The number of nitrogens with one attached hydrogen (secondary N) is 2. The second kappa shape index (κ2) is 11.2. The summed E-state index contributed by atoms with van der Waals surface area (Å²) in [7, 11) is -7.20. The van der Waals surface area contributed by atoms with Crippen LogP contribution in [0.15, 0.2) is 6.33 Å². The molecule has 17 nitrogen and oxygen atoms in total. The van der Waals surface area contributed by atoms with E-state index in [-0.39, 0.29) is 28.4 Å². The molecule has 7 N–H and O–H groups in total. The van der Waals surface area contributed by atoms with Gasteiger partial charge in [-0.1, -0.05) is 0 Å². The van der Waals surface area contributed by atoms with Crippen molar-refractivity contribution in [3.63, 3.8) is 0 Å². The first kappa shape index (κ1) is 29.7. The van der Waals surface area contributed by atoms with E-state index in [1.807, 2.05) is 0 Å². The largest absolute Gasteiger partial charge is 0.446 e. The van der Waals surface area contributed by atoms with E-state index >= 15 is 0 Å². The number of aliphatic hydroxyl groups is 2. The van der Waals surface area contributed by atoms with Gasteiger partial charge in [0, 0.05) is 31.5 Å². The Labute approximate surface area is 232 Å². The van der Waals surface area contributed by atoms with Gasteiger partial charge in [0.05, 0.1) is 6.33 Å². The molecule has 0 aromatic carbocycles. The minimum absolute atomic E-state index is 0.0421. The van der Waals surface area contributed by atoms with Crippen molar-refractivity contribution in [2.75, 3.05) is 24.8 Å². The van der Waals surface area contributed by atoms with Crippen molar-refractivity contribution in [1.82, 2.24) is 29.5 Å². The number of ether oxygens (including phenoxy) is 2. The molecule has 222 valence electrons. The molecule has 3 aliphatic heterocycles. The molecule has 3 fully saturated rings. The van der Waals surface area contributed by atoms with E-state index in [1.54, 1.807) is 0 Å². The maximum atomic E-state index is 12.7. The lowest BCUT2D eigenvalue weighted by atomic mass is 10.0. The normalized spacial score (nSPS) is 32.3. The third-order valence-electron chi connectivity index (χ3n) is 7.47. The fraction of sp³-hybridized carbons (Fsp3) is 0.700. The number of halogens is 1. The Morgan fingerprint density at radius 3 is 2.50 bits per heavy atom. The molecular formula is C20H30ClN7O10P2. The summed E-state index contributed by atoms with van der Waals surface area (Å²) in [5.74, 6) is -1.35. The number of carbonyl (C=O) groups is 1. The SMILES string of the molecule is CN1[C@@H]2CC[C@H]1C[C@@H](OC(=O)Nc1nc(Cl)nc3c1ncn3C1OC(CNP(=O)(O)CP(=O)(O)O)C(O)C1O)C2. The molecule has 3 aliphatic rings. The van der Waals surface area contributed by atoms with Gasteiger partial charge >= 0.3 is 13.7 Å². The molecule has 5 rings (SSSR count). The van der Waals surface area contributed by atoms with E-state index in [0.717, 1.165) is 25.7 Å². The number of carbonyl (C=O) groups excluding carboxylic acids is 1. The third-order valence-corrected chi connectivity index (χ3v) is 11.3. The van der Waals surface area contributed by atoms with Crippen molar-refractivity contribution in [2.24, 2.45) is 0 Å². The molecule has 0 saturated carbocycles. The standard InChI is InChI=1S/C20H30ClN7O10P2/c1-27-9-2-3-10(27)5-11(4-9)37-20(31)25-16-13-17(26-19(21)24-16)28(7-22-13)18-15(30)14(29)12(38-18)6-23-39(32,33)8-40(34,35)36/h7,9-12,14-15,18,29-30H,2-6,8H2,1H3,(H2,23,32,33)(H2,34,35,36)(H,24,25,26,31)/t9-,10+,11+,12?,14?,15?,18?. The molecule has 1 amide bonds. The first-order valence-electron chi connectivity index (χ1n) is 12.4. The molecule has 20 heteroatoms. The summed E-state index contributed by atoms with van der Waals surface area (Å²) in [6, 6.07) is 0.741. The fourth-order valence-electron chi connectivity index (χ4n) is 5.56. The zero-order valence-corrected chi connectivity index (χ0v) is 23.7. The van der Waals surface area contributed by atoms with Crippen molar-refractivity contribution in [1.29, 1.82) is 0 Å². The van der Waals surface area contributed by atoms with Crippen LogP contribution in [-0.4, -0.2) is 111 Å². The molecule has 2 aromatic rings. The number of anilines is 1. The summed E-state index contributed by atoms with van der Waals surface area (Å²) >= 11 is 6.10. The van der Waals surface area contributed by atoms with Crippen LogP contribution in [0, 0.1) is 0 Å². The average molecular weight is 626 g/mol. The maximum Gasteiger partial charge on any atom is 0.413 e. The number of hydrogen-bond acceptors (Lipinski definition) is 11. The van der Waals surface area contributed by atoms with Crippen LogP contribution < -0.4 is 10.4 Å². The second-order valence-electron chi connectivity index (χ2n) is 10.3. The van der Waals surface area contributed by atoms with Gasteiger partial charge in [-0.05, 0) is 31.5 Å². The zero-order chi connectivity index (χ0) is 29.0. The summed E-state index contributed by atoms with van der Waals surface area (Å²) in [4.78, 5) is 55.1. The van der Waals surface area contributed by atoms with E-state index in [9.17, 15) is 29.0 Å². The Hall–Kier alpha value is -1.75. The van der Waals surface area contributed by atoms with Crippen LogP contribution in [0.25, 0.3) is 11.2 Å². The predicted molar refractivity (Wildman–Crippen MR) is 139 cm³/mol. The van der Waals surface area contributed by atoms with Crippen molar-refractivity contribution in [3.8, 4) is 0 Å². The Kier molecular flexibility index (Phi) is 8.29. The van der Waals surface area contributed by atoms with Crippen LogP contribution in [0.5, 0.6) is 0 Å². The Morgan fingerprint density at radius 1 is 1.18 bits per heavy atom. The van der Waals surface area contributed by atoms with Gasteiger partial charge in [0.15, 0.2) is 23.2 Å². The molecule has 2 aromatic heterocycles. The van der Waals surface area contributed by atoms with E-state index in [1.165, 1.54) is 10.9 Å². The summed E-state index contributed by atoms with van der Waals surface area (Å²) in [5, 5.41) is 25.5. The van der Waals surface area contributed by atoms with Crippen molar-refractivity contribution >= 4 is 49.8 Å². The highest BCUT2D eigenvalue weighted by Gasteiger charge is 2.45. The van der Waals surface area contributed by atoms with Crippen LogP contribution in [0.3, 0.4) is 0 Å². The number of aromatic nitrogens is 4. The van der Waals surface area contributed by atoms with E-state index in [2.05, 4.69) is 37.3 Å². The summed E-state index contributed by atoms with van der Waals surface area (Å²) in [6.45, 7) is -0.512. The lowest BCUT2D eigenvalue weighted by Gasteiger charge is -2.35. The Balaban J connectivity index is 1.28. The van der Waals surface area contributed by atoms with Gasteiger partial charge in [0.1, 0.15) is 30.3 Å². The second-order valence-corrected chi connectivity index (χ2v) is 14.8. The molecule has 0 radical (unpaired) electrons. The third kappa shape index (κ3) is 6.35. The van der Waals surface area contributed by atoms with Gasteiger partial charge in [-0.3, -0.25) is 19.0 Å². The summed E-state index contributed by atoms with van der Waals surface area (Å²) in [6.07, 6.45) is -1.81. The molecule has 3 saturated heterocycles. The summed E-state index contributed by atoms with van der Waals surface area (Å²) < 4.78 is 35.7. The van der Waals surface area contributed by atoms with Gasteiger partial charge < -0.3 is 39.3 Å². The van der Waals surface area contributed by atoms with Crippen molar-refractivity contribution in [2.45, 2.75) is 68.4 Å². The molecular weight excluding hydrogens is 596 g/mol. The smallest absolute Gasteiger partial charge is 0.413 e. The molecule has 8 atom stereocenters. The van der Waals surface area contributed by atoms with Crippen LogP contribution in [-0.2, 0) is 18.6 Å². The quantitative estimate of drug-likeness (QED) is 0.153. The number of nitrogens with zero attached hydrogens (tertiary/aromatic N) is 5. The highest BCUT2D eigenvalue weighted by atomic mass is 35.5. The predicted octanol–water partition coefficient (Wildman–Crippen LogP) is 0.183. The highest BCUT2D eigenvalue weighted by Crippen LogP contribution is 2.52. The molecule has 5 heterocycles. The first-order valence-corrected chi connectivity index (χ1v) is 16.5. The van der Waals surface area contributed by atoms with E-state index < -0.39 is 58.2 Å². The number of amides is 1. The van der Waals surface area contributed by atoms with Gasteiger partial charge in [-0.2, -0.15) is 9.97 Å². The number of hydrogen-bond donors (Lipinski definition) is 7. The maximum absolute atomic E-state index is 12.7. The van der Waals surface area contributed by atoms with Gasteiger partial charge in [-0.25, -0.2) is 14.9 Å². The van der Waals surface area contributed by atoms with Crippen LogP contribution in [0.4, 0.5) is 10.6 Å². The van der Waals surface area contributed by atoms with Gasteiger partial charge in [0.25, 0.3) is 7.52 Å². The van der Waals surface area contributed by atoms with Crippen LogP contribution >= 0.6 is 26.7 Å². The average Bonchev–Trinajstić information content (AvgIpc) is 3.42. The molecule has 0 spiro atoms. The van der Waals surface area contributed by atoms with Crippen molar-refractivity contribution < 1.29 is 48.3 Å². The van der Waals surface area contributed by atoms with Crippen LogP contribution in [0.1, 0.15) is 31.9 Å². The number of fused-ring (bicyclic) bond motifs is 3. The van der Waals surface area contributed by atoms with Crippen molar-refractivity contribution in [3.05, 3.63) is 11.6 Å². The molecule has 5 unspecified atom stereocenters. The topological polar surface area (TPSA) is 242 Å². The van der Waals surface area contributed by atoms with E-state index in [4.69, 9.17) is 30.9 Å². The number of imidazole rings is 1. The van der Waals surface area contributed by atoms with Crippen LogP contribution in [0.2, 0.25) is 5.28 Å². The minimum Gasteiger partial charge on any atom is -0.446 e. The molecule has 40 heavy (non-hydrogen) atoms. The zero-order valence-electron chi connectivity index (χ0n) is 21.1. The van der Waals surface area contributed by atoms with Gasteiger partial charge in [0.2, 0.25) is 5.28 Å². The lowest BCUT2D eigenvalue weighted by Crippen LogP contribution is -2.43. The highest BCUT2D eigenvalue weighted by molar-refractivity contribution is 7.71. The van der Waals surface area contributed by atoms with E-state index in [0.29, 0.717) is 12.1 Å². The molecule has 2 bridgehead atoms. The van der Waals surface area contributed by atoms with Gasteiger partial charge in [-0.15, -0.1) is 0 Å². The monoisotopic (exact) mass is 625 g/mol. The molecule has 0 aliphatic carbocycles. The first-order chi connectivity index (χ1) is 18.7. The Morgan fingerprint density at radius 2 is 1.85 bits per heavy atom. The lowest BCUT2D eigenvalue weighted by molar-refractivity contribution is -0.0331. The Bertz CT molecular complexity index is 1360.